The molecule has 1 aliphatic heterocycles. The van der Waals surface area contributed by atoms with Gasteiger partial charge in [-0.3, -0.25) is 4.98 Å². The number of amides is 2. The quantitative estimate of drug-likeness (QED) is 0.808. The van der Waals surface area contributed by atoms with Crippen LogP contribution in [0.5, 0.6) is 0 Å². The highest BCUT2D eigenvalue weighted by Gasteiger charge is 2.25. The maximum Gasteiger partial charge on any atom is 0.320 e. The normalized spacial score (nSPS) is 17.6. The molecule has 0 fully saturated rings. The highest BCUT2D eigenvalue weighted by Crippen LogP contribution is 2.31. The Morgan fingerprint density at radius 3 is 2.72 bits per heavy atom. The van der Waals surface area contributed by atoms with Crippen LogP contribution in [-0.4, -0.2) is 11.0 Å². The molecule has 1 atom stereocenters. The van der Waals surface area contributed by atoms with Gasteiger partial charge in [-0.15, -0.1) is 0 Å². The Hall–Kier alpha value is -2.43. The summed E-state index contributed by atoms with van der Waals surface area (Å²) in [5, 5.41) is 5.40. The first-order valence-electron chi connectivity index (χ1n) is 5.51. The van der Waals surface area contributed by atoms with Crippen LogP contribution in [0.15, 0.2) is 42.7 Å². The van der Waals surface area contributed by atoms with E-state index >= 15 is 0 Å². The Labute approximate surface area is 103 Å². The average Bonchev–Trinajstić information content (AvgIpc) is 2.38. The molecule has 0 saturated heterocycles. The van der Waals surface area contributed by atoms with Crippen molar-refractivity contribution in [1.82, 2.24) is 10.3 Å². The molecule has 1 unspecified atom stereocenters. The van der Waals surface area contributed by atoms with Crippen molar-refractivity contribution in [2.75, 3.05) is 5.32 Å². The van der Waals surface area contributed by atoms with Gasteiger partial charge in [0, 0.05) is 18.0 Å². The van der Waals surface area contributed by atoms with Gasteiger partial charge in [0.2, 0.25) is 0 Å². The Morgan fingerprint density at radius 1 is 1.17 bits per heavy atom. The van der Waals surface area contributed by atoms with E-state index in [1.807, 2.05) is 12.1 Å². The first-order chi connectivity index (χ1) is 8.74. The van der Waals surface area contributed by atoms with E-state index in [0.29, 0.717) is 5.69 Å². The summed E-state index contributed by atoms with van der Waals surface area (Å²) in [5.74, 6) is -0.371. The number of hydrogen-bond acceptors (Lipinski definition) is 2. The summed E-state index contributed by atoms with van der Waals surface area (Å²) in [4.78, 5) is 15.5. The second-order valence-electron chi connectivity index (χ2n) is 4.04. The van der Waals surface area contributed by atoms with Gasteiger partial charge in [-0.25, -0.2) is 9.18 Å². The standard InChI is InChI=1S/C13H10FN3O/c14-9-1-2-10-11(7-9)16-13(18)17-12(10)8-3-5-15-6-4-8/h1-7,12H,(H2,16,17,18). The first-order valence-corrected chi connectivity index (χ1v) is 5.51. The lowest BCUT2D eigenvalue weighted by molar-refractivity contribution is 0.249. The van der Waals surface area contributed by atoms with Gasteiger partial charge in [0.1, 0.15) is 5.82 Å². The van der Waals surface area contributed by atoms with Crippen molar-refractivity contribution < 1.29 is 9.18 Å². The van der Waals surface area contributed by atoms with E-state index in [1.165, 1.54) is 12.1 Å². The predicted octanol–water partition coefficient (Wildman–Crippen LogP) is 2.45. The molecule has 1 aliphatic rings. The molecule has 0 saturated carbocycles. The number of halogens is 1. The predicted molar refractivity (Wildman–Crippen MR) is 64.6 cm³/mol. The zero-order valence-electron chi connectivity index (χ0n) is 9.35. The van der Waals surface area contributed by atoms with Crippen LogP contribution < -0.4 is 10.6 Å². The summed E-state index contributed by atoms with van der Waals surface area (Å²) >= 11 is 0. The van der Waals surface area contributed by atoms with Gasteiger partial charge in [-0.05, 0) is 29.8 Å². The number of anilines is 1. The molecular formula is C13H10FN3O. The third kappa shape index (κ3) is 1.79. The molecule has 2 amide bonds. The third-order valence-electron chi connectivity index (χ3n) is 2.89. The lowest BCUT2D eigenvalue weighted by Crippen LogP contribution is -2.38. The van der Waals surface area contributed by atoms with E-state index in [0.717, 1.165) is 11.1 Å². The molecule has 0 radical (unpaired) electrons. The maximum absolute atomic E-state index is 13.2. The van der Waals surface area contributed by atoms with Crippen molar-refractivity contribution in [1.29, 1.82) is 0 Å². The molecule has 0 bridgehead atoms. The Bertz CT molecular complexity index is 600. The van der Waals surface area contributed by atoms with Crippen LogP contribution in [0.3, 0.4) is 0 Å². The molecular weight excluding hydrogens is 233 g/mol. The van der Waals surface area contributed by atoms with Crippen LogP contribution in [0, 0.1) is 5.82 Å². The summed E-state index contributed by atoms with van der Waals surface area (Å²) in [6.07, 6.45) is 3.32. The number of carbonyl (C=O) groups excluding carboxylic acids is 1. The van der Waals surface area contributed by atoms with Crippen LogP contribution in [0.2, 0.25) is 0 Å². The second kappa shape index (κ2) is 4.10. The second-order valence-corrected chi connectivity index (χ2v) is 4.04. The van der Waals surface area contributed by atoms with Crippen LogP contribution in [-0.2, 0) is 0 Å². The van der Waals surface area contributed by atoms with Crippen LogP contribution in [0.25, 0.3) is 0 Å². The summed E-state index contributed by atoms with van der Waals surface area (Å²) in [6.45, 7) is 0. The van der Waals surface area contributed by atoms with E-state index < -0.39 is 0 Å². The molecule has 3 rings (SSSR count). The summed E-state index contributed by atoms with van der Waals surface area (Å²) in [5.41, 5.74) is 2.25. The molecule has 2 heterocycles. The van der Waals surface area contributed by atoms with Gasteiger partial charge < -0.3 is 10.6 Å². The number of urea groups is 1. The number of fused-ring (bicyclic) bond motifs is 1. The SMILES string of the molecule is O=C1Nc2cc(F)ccc2C(c2ccncc2)N1. The van der Waals surface area contributed by atoms with E-state index in [4.69, 9.17) is 0 Å². The highest BCUT2D eigenvalue weighted by molar-refractivity contribution is 5.93. The average molecular weight is 243 g/mol. The van der Waals surface area contributed by atoms with E-state index in [-0.39, 0.29) is 17.9 Å². The minimum Gasteiger partial charge on any atom is -0.327 e. The van der Waals surface area contributed by atoms with Crippen molar-refractivity contribution in [2.45, 2.75) is 6.04 Å². The number of benzene rings is 1. The van der Waals surface area contributed by atoms with E-state index in [2.05, 4.69) is 15.6 Å². The zero-order valence-corrected chi connectivity index (χ0v) is 9.35. The largest absolute Gasteiger partial charge is 0.327 e. The monoisotopic (exact) mass is 243 g/mol. The number of pyridine rings is 1. The van der Waals surface area contributed by atoms with Crippen LogP contribution in [0.1, 0.15) is 17.2 Å². The van der Waals surface area contributed by atoms with Crippen molar-refractivity contribution in [2.24, 2.45) is 0 Å². The first kappa shape index (κ1) is 10.7. The molecule has 1 aromatic carbocycles. The molecule has 1 aromatic heterocycles. The molecule has 18 heavy (non-hydrogen) atoms. The van der Waals surface area contributed by atoms with Crippen molar-refractivity contribution in [3.05, 3.63) is 59.7 Å². The fourth-order valence-corrected chi connectivity index (χ4v) is 2.07. The number of aromatic nitrogens is 1. The Balaban J connectivity index is 2.10. The lowest BCUT2D eigenvalue weighted by atomic mass is 9.96. The number of rotatable bonds is 1. The van der Waals surface area contributed by atoms with Crippen molar-refractivity contribution in [3.8, 4) is 0 Å². The maximum atomic E-state index is 13.2. The van der Waals surface area contributed by atoms with Gasteiger partial charge in [0.15, 0.2) is 0 Å². The minimum absolute atomic E-state index is 0.280. The fourth-order valence-electron chi connectivity index (χ4n) is 2.07. The number of carbonyl (C=O) groups is 1. The Kier molecular flexibility index (Phi) is 2.44. The van der Waals surface area contributed by atoms with E-state index in [1.54, 1.807) is 18.5 Å². The van der Waals surface area contributed by atoms with Gasteiger partial charge >= 0.3 is 6.03 Å². The molecule has 5 heteroatoms. The topological polar surface area (TPSA) is 54.0 Å². The van der Waals surface area contributed by atoms with Crippen molar-refractivity contribution in [3.63, 3.8) is 0 Å². The molecule has 4 nitrogen and oxygen atoms in total. The van der Waals surface area contributed by atoms with E-state index in [9.17, 15) is 9.18 Å². The lowest BCUT2D eigenvalue weighted by Gasteiger charge is -2.27. The number of hydrogen-bond donors (Lipinski definition) is 2. The summed E-state index contributed by atoms with van der Waals surface area (Å²) in [7, 11) is 0. The van der Waals surface area contributed by atoms with Gasteiger partial charge in [-0.2, -0.15) is 0 Å². The highest BCUT2D eigenvalue weighted by atomic mass is 19.1. The number of nitrogens with one attached hydrogen (secondary N) is 2. The van der Waals surface area contributed by atoms with Gasteiger partial charge in [-0.1, -0.05) is 6.07 Å². The molecule has 0 spiro atoms. The van der Waals surface area contributed by atoms with Crippen LogP contribution >= 0.6 is 0 Å². The fraction of sp³-hybridized carbons (Fsp3) is 0.0769. The summed E-state index contributed by atoms with van der Waals surface area (Å²) in [6, 6.07) is 7.40. The Morgan fingerprint density at radius 2 is 1.94 bits per heavy atom. The third-order valence-corrected chi connectivity index (χ3v) is 2.89. The van der Waals surface area contributed by atoms with Crippen LogP contribution in [0.4, 0.5) is 14.9 Å². The number of nitrogens with zero attached hydrogens (tertiary/aromatic N) is 1. The zero-order chi connectivity index (χ0) is 12.5. The molecule has 2 N–H and O–H groups in total. The van der Waals surface area contributed by atoms with Gasteiger partial charge in [0.25, 0.3) is 0 Å². The summed E-state index contributed by atoms with van der Waals surface area (Å²) < 4.78 is 13.2. The minimum atomic E-state index is -0.371. The smallest absolute Gasteiger partial charge is 0.320 e. The molecule has 0 aliphatic carbocycles. The van der Waals surface area contributed by atoms with Gasteiger partial charge in [0.05, 0.1) is 11.7 Å². The molecule has 90 valence electrons. The van der Waals surface area contributed by atoms with Crippen molar-refractivity contribution >= 4 is 11.7 Å². The molecule has 2 aromatic rings.